The van der Waals surface area contributed by atoms with Gasteiger partial charge in [-0.1, -0.05) is 34.6 Å². The molecule has 0 amide bonds. The second-order valence-electron chi connectivity index (χ2n) is 6.15. The van der Waals surface area contributed by atoms with Crippen molar-refractivity contribution in [3.05, 3.63) is 0 Å². The van der Waals surface area contributed by atoms with Crippen LogP contribution in [-0.2, 0) is 9.59 Å². The minimum atomic E-state index is -1.10. The lowest BCUT2D eigenvalue weighted by Gasteiger charge is -2.43. The van der Waals surface area contributed by atoms with Crippen LogP contribution in [0.15, 0.2) is 0 Å². The average molecular weight is 289 g/mol. The number of hydrogen-bond acceptors (Lipinski definition) is 4. The van der Waals surface area contributed by atoms with Crippen LogP contribution in [0.25, 0.3) is 0 Å². The molecule has 0 spiro atoms. The molecule has 118 valence electrons. The predicted octanol–water partition coefficient (Wildman–Crippen LogP) is 1.14. The quantitative estimate of drug-likeness (QED) is 0.589. The van der Waals surface area contributed by atoms with E-state index in [0.717, 1.165) is 0 Å². The maximum Gasteiger partial charge on any atom is 0.317 e. The zero-order valence-electron chi connectivity index (χ0n) is 13.0. The summed E-state index contributed by atoms with van der Waals surface area (Å²) in [6.07, 6.45) is -0.791. The average Bonchev–Trinajstić information content (AvgIpc) is 2.24. The highest BCUT2D eigenvalue weighted by Crippen LogP contribution is 2.39. The smallest absolute Gasteiger partial charge is 0.317 e. The van der Waals surface area contributed by atoms with Gasteiger partial charge in [0.25, 0.3) is 0 Å². The second kappa shape index (κ2) is 7.59. The Labute approximate surface area is 120 Å². The summed E-state index contributed by atoms with van der Waals surface area (Å²) >= 11 is 0. The zero-order chi connectivity index (χ0) is 16.1. The van der Waals surface area contributed by atoms with Gasteiger partial charge >= 0.3 is 11.9 Å². The predicted molar refractivity (Wildman–Crippen MR) is 75.5 cm³/mol. The van der Waals surface area contributed by atoms with Crippen molar-refractivity contribution in [3.8, 4) is 0 Å². The number of hydrogen-bond donors (Lipinski definition) is 3. The Morgan fingerprint density at radius 2 is 1.35 bits per heavy atom. The largest absolute Gasteiger partial charge is 0.480 e. The number of aliphatic hydroxyl groups excluding tert-OH is 1. The molecule has 0 saturated carbocycles. The third-order valence-corrected chi connectivity index (χ3v) is 4.35. The van der Waals surface area contributed by atoms with E-state index in [1.807, 2.05) is 34.6 Å². The van der Waals surface area contributed by atoms with Gasteiger partial charge in [-0.15, -0.1) is 0 Å². The third kappa shape index (κ3) is 5.09. The van der Waals surface area contributed by atoms with E-state index in [0.29, 0.717) is 0 Å². The van der Waals surface area contributed by atoms with Crippen LogP contribution in [0.3, 0.4) is 0 Å². The van der Waals surface area contributed by atoms with Crippen LogP contribution >= 0.6 is 0 Å². The van der Waals surface area contributed by atoms with Crippen LogP contribution in [0.2, 0.25) is 0 Å². The van der Waals surface area contributed by atoms with Crippen LogP contribution in [-0.4, -0.2) is 57.9 Å². The Balaban J connectivity index is 5.00. The molecule has 0 saturated heterocycles. The lowest BCUT2D eigenvalue weighted by Crippen LogP contribution is -2.49. The van der Waals surface area contributed by atoms with Gasteiger partial charge in [0.2, 0.25) is 0 Å². The summed E-state index contributed by atoms with van der Waals surface area (Å²) in [4.78, 5) is 22.8. The summed E-state index contributed by atoms with van der Waals surface area (Å²) in [6.45, 7) is 9.21. The zero-order valence-corrected chi connectivity index (χ0v) is 13.0. The fourth-order valence-corrected chi connectivity index (χ4v) is 2.45. The lowest BCUT2D eigenvalue weighted by atomic mass is 9.66. The topological polar surface area (TPSA) is 98.1 Å². The van der Waals surface area contributed by atoms with Crippen molar-refractivity contribution < 1.29 is 24.9 Å². The molecule has 0 aromatic heterocycles. The van der Waals surface area contributed by atoms with E-state index >= 15 is 0 Å². The molecule has 6 heteroatoms. The number of carboxylic acids is 2. The molecule has 0 aliphatic rings. The van der Waals surface area contributed by atoms with E-state index in [4.69, 9.17) is 10.2 Å². The first kappa shape index (κ1) is 18.9. The molecule has 20 heavy (non-hydrogen) atoms. The number of carboxylic acid groups (broad SMARTS) is 2. The van der Waals surface area contributed by atoms with E-state index in [1.54, 1.807) is 0 Å². The van der Waals surface area contributed by atoms with Gasteiger partial charge in [0.05, 0.1) is 19.2 Å². The molecular formula is C14H27NO5. The highest BCUT2D eigenvalue weighted by Gasteiger charge is 2.40. The van der Waals surface area contributed by atoms with Gasteiger partial charge in [0.1, 0.15) is 0 Å². The molecule has 0 aliphatic carbocycles. The number of nitrogens with zero attached hydrogens (tertiary/aromatic N) is 1. The molecule has 0 aromatic carbocycles. The van der Waals surface area contributed by atoms with Gasteiger partial charge in [0.15, 0.2) is 0 Å². The normalized spacial score (nSPS) is 14.1. The molecule has 0 bridgehead atoms. The van der Waals surface area contributed by atoms with Gasteiger partial charge in [-0.3, -0.25) is 14.5 Å². The molecule has 0 fully saturated rings. The Morgan fingerprint density at radius 3 is 1.60 bits per heavy atom. The van der Waals surface area contributed by atoms with Crippen LogP contribution in [0.1, 0.15) is 34.6 Å². The fourth-order valence-electron chi connectivity index (χ4n) is 2.45. The molecule has 0 heterocycles. The molecule has 0 radical (unpaired) electrons. The molecule has 6 nitrogen and oxygen atoms in total. The molecule has 1 unspecified atom stereocenters. The minimum absolute atomic E-state index is 0.0332. The molecule has 0 rings (SSSR count). The van der Waals surface area contributed by atoms with E-state index in [2.05, 4.69) is 0 Å². The minimum Gasteiger partial charge on any atom is -0.480 e. The number of rotatable bonds is 9. The molecule has 3 N–H and O–H groups in total. The van der Waals surface area contributed by atoms with Gasteiger partial charge in [0, 0.05) is 6.54 Å². The Kier molecular flexibility index (Phi) is 7.16. The van der Waals surface area contributed by atoms with Crippen molar-refractivity contribution in [3.63, 3.8) is 0 Å². The first-order valence-electron chi connectivity index (χ1n) is 6.85. The maximum absolute atomic E-state index is 10.8. The fraction of sp³-hybridized carbons (Fsp3) is 0.857. The van der Waals surface area contributed by atoms with Crippen LogP contribution in [0.5, 0.6) is 0 Å². The van der Waals surface area contributed by atoms with E-state index in [1.165, 1.54) is 4.90 Å². The van der Waals surface area contributed by atoms with Gasteiger partial charge in [-0.05, 0) is 17.3 Å². The highest BCUT2D eigenvalue weighted by atomic mass is 16.4. The third-order valence-electron chi connectivity index (χ3n) is 4.35. The monoisotopic (exact) mass is 289 g/mol. The van der Waals surface area contributed by atoms with Crippen LogP contribution in [0.4, 0.5) is 0 Å². The van der Waals surface area contributed by atoms with Crippen molar-refractivity contribution in [2.45, 2.75) is 40.7 Å². The number of aliphatic carboxylic acids is 2. The molecule has 0 aliphatic heterocycles. The van der Waals surface area contributed by atoms with E-state index in [-0.39, 0.29) is 18.4 Å². The first-order chi connectivity index (χ1) is 9.01. The number of carbonyl (C=O) groups is 2. The summed E-state index contributed by atoms with van der Waals surface area (Å²) in [5.74, 6) is -1.83. The molecule has 0 aromatic rings. The summed E-state index contributed by atoms with van der Waals surface area (Å²) in [5, 5.41) is 28.1. The van der Waals surface area contributed by atoms with Gasteiger partial charge < -0.3 is 15.3 Å². The van der Waals surface area contributed by atoms with Crippen LogP contribution < -0.4 is 0 Å². The maximum atomic E-state index is 10.8. The molecule has 1 atom stereocenters. The van der Waals surface area contributed by atoms with Crippen molar-refractivity contribution in [1.29, 1.82) is 0 Å². The van der Waals surface area contributed by atoms with E-state index < -0.39 is 36.5 Å². The first-order valence-corrected chi connectivity index (χ1v) is 6.85. The van der Waals surface area contributed by atoms with Crippen molar-refractivity contribution in [2.24, 2.45) is 17.3 Å². The summed E-state index contributed by atoms with van der Waals surface area (Å²) in [5.41, 5.74) is -0.407. The number of aliphatic hydroxyl groups is 1. The van der Waals surface area contributed by atoms with Crippen LogP contribution in [0, 0.1) is 17.3 Å². The van der Waals surface area contributed by atoms with Gasteiger partial charge in [-0.25, -0.2) is 0 Å². The Morgan fingerprint density at radius 1 is 1.00 bits per heavy atom. The standard InChI is InChI=1S/C14H27NO5/c1-9(2)14(5,10(3)4)11(16)6-15(7-12(17)18)8-13(19)20/h9-11,16H,6-8H2,1-5H3,(H,17,18)(H,19,20). The Hall–Kier alpha value is -1.14. The second-order valence-corrected chi connectivity index (χ2v) is 6.15. The van der Waals surface area contributed by atoms with Crippen molar-refractivity contribution in [1.82, 2.24) is 4.90 Å². The highest BCUT2D eigenvalue weighted by molar-refractivity contribution is 5.72. The summed E-state index contributed by atoms with van der Waals surface area (Å²) in [7, 11) is 0. The Bertz CT molecular complexity index is 316. The van der Waals surface area contributed by atoms with Crippen molar-refractivity contribution >= 4 is 11.9 Å². The van der Waals surface area contributed by atoms with Gasteiger partial charge in [-0.2, -0.15) is 0 Å². The molecular weight excluding hydrogens is 262 g/mol. The lowest BCUT2D eigenvalue weighted by molar-refractivity contribution is -0.143. The summed E-state index contributed by atoms with van der Waals surface area (Å²) in [6, 6.07) is 0. The SMILES string of the molecule is CC(C)C(C)(C(C)C)C(O)CN(CC(=O)O)CC(=O)O. The summed E-state index contributed by atoms with van der Waals surface area (Å²) < 4.78 is 0. The van der Waals surface area contributed by atoms with E-state index in [9.17, 15) is 14.7 Å². The van der Waals surface area contributed by atoms with Crippen molar-refractivity contribution in [2.75, 3.05) is 19.6 Å².